The van der Waals surface area contributed by atoms with Gasteiger partial charge in [-0.1, -0.05) is 376 Å². The Labute approximate surface area is 855 Å². The molecule has 12 nitrogen and oxygen atoms in total. The summed E-state index contributed by atoms with van der Waals surface area (Å²) in [6, 6.07) is 78.2. The van der Waals surface area contributed by atoms with E-state index in [1.807, 2.05) is 334 Å². The fourth-order valence-electron chi connectivity index (χ4n) is 15.1. The standard InChI is InChI=1S/6C16H20N2.14C2H6/c6*1-13(2)18-10-8-15(9-11-18)16(12-17)14-6-4-3-5-7-14;14*1-2/h6*3-7,13H,8-11H2,1-2H3;14*1-2H3/i;;;;;;3*1D3;;;;;;;;;;;. The Kier molecular flexibility index (Phi) is 88.7. The maximum Gasteiger partial charge on any atom is 0.0997 e. The lowest BCUT2D eigenvalue weighted by molar-refractivity contribution is 0.208. The second-order valence-electron chi connectivity index (χ2n) is 30.5. The molecule has 6 fully saturated rings. The molecule has 6 aromatic rings. The van der Waals surface area contributed by atoms with Crippen molar-refractivity contribution in [2.75, 3.05) is 78.5 Å². The number of likely N-dealkylation sites (tertiary alicyclic amines) is 6. The second-order valence-corrected chi connectivity index (χ2v) is 30.5. The van der Waals surface area contributed by atoms with Crippen molar-refractivity contribution in [3.8, 4) is 36.4 Å². The van der Waals surface area contributed by atoms with E-state index in [1.54, 1.807) is 0 Å². The van der Waals surface area contributed by atoms with Crippen LogP contribution in [0.5, 0.6) is 0 Å². The zero-order valence-electron chi connectivity index (χ0n) is 103. The van der Waals surface area contributed by atoms with Gasteiger partial charge in [-0.2, -0.15) is 31.6 Å². The molecular formula is C124H204N12. The van der Waals surface area contributed by atoms with Gasteiger partial charge in [0.1, 0.15) is 0 Å². The maximum atomic E-state index is 9.39. The van der Waals surface area contributed by atoms with Crippen molar-refractivity contribution in [1.29, 1.82) is 31.6 Å². The lowest BCUT2D eigenvalue weighted by Crippen LogP contribution is -2.36. The molecule has 6 heterocycles. The van der Waals surface area contributed by atoms with Crippen molar-refractivity contribution in [3.05, 3.63) is 249 Å². The van der Waals surface area contributed by atoms with Gasteiger partial charge in [0.05, 0.1) is 69.9 Å². The predicted molar refractivity (Wildman–Crippen MR) is 608 cm³/mol. The molecule has 0 aliphatic carbocycles. The normalized spacial score (nSPS) is 15.1. The zero-order valence-corrected chi connectivity index (χ0v) is 93.6. The zero-order chi connectivity index (χ0) is 113. The topological polar surface area (TPSA) is 162 Å². The third kappa shape index (κ3) is 57.0. The van der Waals surface area contributed by atoms with E-state index in [1.165, 1.54) is 54.2 Å². The Morgan fingerprint density at radius 1 is 0.184 bits per heavy atom. The summed E-state index contributed by atoms with van der Waals surface area (Å²) in [5, 5.41) is 56.3. The van der Waals surface area contributed by atoms with Crippen LogP contribution in [0.2, 0.25) is 0 Å². The largest absolute Gasteiger partial charge is 0.300 e. The van der Waals surface area contributed by atoms with E-state index in [0.717, 1.165) is 222 Å². The number of piperidine rings is 6. The Morgan fingerprint density at radius 3 is 0.331 bits per heavy atom. The molecule has 12 heteroatoms. The molecule has 0 N–H and O–H groups in total. The van der Waals surface area contributed by atoms with E-state index in [-0.39, 0.29) is 0 Å². The van der Waals surface area contributed by atoms with Crippen LogP contribution in [-0.4, -0.2) is 144 Å². The van der Waals surface area contributed by atoms with Crippen LogP contribution in [0.3, 0.4) is 0 Å². The lowest BCUT2D eigenvalue weighted by Gasteiger charge is -2.32. The molecule has 12 rings (SSSR count). The molecule has 6 aliphatic rings. The average Bonchev–Trinajstić information content (AvgIpc) is 0.866. The van der Waals surface area contributed by atoms with Gasteiger partial charge in [-0.25, -0.2) is 0 Å². The van der Waals surface area contributed by atoms with Gasteiger partial charge < -0.3 is 29.4 Å². The highest BCUT2D eigenvalue weighted by atomic mass is 15.2. The van der Waals surface area contributed by atoms with Crippen molar-refractivity contribution in [2.45, 2.75) is 390 Å². The minimum Gasteiger partial charge on any atom is -0.300 e. The molecule has 760 valence electrons. The molecule has 0 saturated carbocycles. The van der Waals surface area contributed by atoms with Gasteiger partial charge in [0, 0.05) is 127 Å². The van der Waals surface area contributed by atoms with Crippen LogP contribution in [0, 0.1) is 68.0 Å². The first-order valence-corrected chi connectivity index (χ1v) is 52.3. The maximum absolute atomic E-state index is 9.39. The lowest BCUT2D eigenvalue weighted by atomic mass is 9.93. The molecule has 0 spiro atoms. The van der Waals surface area contributed by atoms with Gasteiger partial charge >= 0.3 is 0 Å². The van der Waals surface area contributed by atoms with Crippen LogP contribution in [0.15, 0.2) is 215 Å². The molecule has 0 radical (unpaired) electrons. The van der Waals surface area contributed by atoms with Crippen LogP contribution in [0.4, 0.5) is 0 Å². The molecule has 6 saturated heterocycles. The summed E-state index contributed by atoms with van der Waals surface area (Å²) in [4.78, 5) is 14.9. The molecule has 6 aliphatic heterocycles. The van der Waals surface area contributed by atoms with E-state index in [0.29, 0.717) is 36.3 Å². The van der Waals surface area contributed by atoms with Crippen LogP contribution in [0.1, 0.15) is 400 Å². The van der Waals surface area contributed by atoms with Gasteiger partial charge in [-0.3, -0.25) is 0 Å². The number of allylic oxidation sites excluding steroid dienone is 6. The quantitative estimate of drug-likeness (QED) is 0.107. The fraction of sp³-hybridized carbons (Fsp3) is 0.565. The first kappa shape index (κ1) is 123. The van der Waals surface area contributed by atoms with Crippen LogP contribution < -0.4 is 0 Å². The Balaban J connectivity index is -0.000000242. The summed E-state index contributed by atoms with van der Waals surface area (Å²) in [6.45, 7) is 82.0. The highest BCUT2D eigenvalue weighted by Gasteiger charge is 2.26. The van der Waals surface area contributed by atoms with Crippen LogP contribution >= 0.6 is 0 Å². The van der Waals surface area contributed by atoms with Crippen molar-refractivity contribution < 1.29 is 12.3 Å². The van der Waals surface area contributed by atoms with Crippen LogP contribution in [0.25, 0.3) is 33.4 Å². The fourth-order valence-corrected chi connectivity index (χ4v) is 15.1. The summed E-state index contributed by atoms with van der Waals surface area (Å²) in [5.41, 5.74) is 19.6. The molecule has 6 aromatic carbocycles. The Hall–Kier alpha value is -9.54. The molecule has 136 heavy (non-hydrogen) atoms. The minimum atomic E-state index is -1.75. The number of nitriles is 6. The van der Waals surface area contributed by atoms with Crippen LogP contribution in [-0.2, 0) is 0 Å². The Bertz CT molecular complexity index is 3770. The third-order valence-corrected chi connectivity index (χ3v) is 22.0. The van der Waals surface area contributed by atoms with Crippen molar-refractivity contribution in [3.63, 3.8) is 0 Å². The number of benzene rings is 6. The summed E-state index contributed by atoms with van der Waals surface area (Å²) >= 11 is 0. The smallest absolute Gasteiger partial charge is 0.0997 e. The van der Waals surface area contributed by atoms with E-state index in [9.17, 15) is 31.6 Å². The van der Waals surface area contributed by atoms with E-state index in [4.69, 9.17) is 12.3 Å². The number of nitrogens with zero attached hydrogens (tertiary/aromatic N) is 12. The summed E-state index contributed by atoms with van der Waals surface area (Å²) in [7, 11) is 0. The summed E-state index contributed by atoms with van der Waals surface area (Å²) in [5.74, 6) is 0. The average molecular weight is 1870 g/mol. The van der Waals surface area contributed by atoms with Crippen molar-refractivity contribution >= 4 is 33.4 Å². The van der Waals surface area contributed by atoms with Crippen molar-refractivity contribution in [1.82, 2.24) is 29.4 Å². The number of rotatable bonds is 12. The summed E-state index contributed by atoms with van der Waals surface area (Å²) < 4.78 is 56.4. The van der Waals surface area contributed by atoms with Gasteiger partial charge in [0.2, 0.25) is 0 Å². The van der Waals surface area contributed by atoms with E-state index < -0.39 is 20.6 Å². The third-order valence-electron chi connectivity index (χ3n) is 22.0. The first-order valence-electron chi connectivity index (χ1n) is 56.8. The number of hydrogen-bond acceptors (Lipinski definition) is 12. The second kappa shape index (κ2) is 98.5. The summed E-state index contributed by atoms with van der Waals surface area (Å²) in [6.07, 6.45) is 12.3. The molecule has 0 bridgehead atoms. The molecule has 0 atom stereocenters. The van der Waals surface area contributed by atoms with Gasteiger partial charge in [0.15, 0.2) is 0 Å². The molecular weight excluding hydrogens is 1660 g/mol. The van der Waals surface area contributed by atoms with Gasteiger partial charge in [-0.15, -0.1) is 0 Å². The van der Waals surface area contributed by atoms with Crippen molar-refractivity contribution in [2.24, 2.45) is 0 Å². The highest BCUT2D eigenvalue weighted by Crippen LogP contribution is 2.34. The molecule has 0 amide bonds. The molecule has 0 unspecified atom stereocenters. The van der Waals surface area contributed by atoms with E-state index in [2.05, 4.69) is 149 Å². The Morgan fingerprint density at radius 2 is 0.265 bits per heavy atom. The van der Waals surface area contributed by atoms with Gasteiger partial charge in [-0.05, 0) is 227 Å². The SMILES string of the molecule is CC.CC.CC.CC.CC.CC.CC.CC.CC.CC.CC.CC(C)N1CCC(=C(C#N)c2ccccc2)CC1.CC(C)N1CCC(=C(C#N)c2ccccc2)CC1.CC(C)N1CCC(=C(C#N)c2ccccc2)CC1.CC(C)N1CCC(=C(C#N)c2ccccc2)CC1.CC(C)N1CCC(=C(C#N)c2ccccc2)CC1.CC(C)N1CCC(=C(C#N)c2ccccc2)CC1.[2H]C([2H])([2H])C.[2H]C([2H])([2H])C.[2H]C([2H])([2H])C. The predicted octanol–water partition coefficient (Wildman–Crippen LogP) is 35.2. The number of hydrogen-bond donors (Lipinski definition) is 0. The van der Waals surface area contributed by atoms with Gasteiger partial charge in [0.25, 0.3) is 0 Å². The van der Waals surface area contributed by atoms with E-state index >= 15 is 0 Å². The molecule has 0 aromatic heterocycles. The monoisotopic (exact) mass is 1870 g/mol. The highest BCUT2D eigenvalue weighted by molar-refractivity contribution is 5.83. The minimum absolute atomic E-state index is 0.605. The first-order chi connectivity index (χ1) is 69.3.